The summed E-state index contributed by atoms with van der Waals surface area (Å²) in [6.07, 6.45) is 0.972. The zero-order chi connectivity index (χ0) is 12.8. The van der Waals surface area contributed by atoms with Crippen LogP contribution in [0.5, 0.6) is 0 Å². The molecule has 2 unspecified atom stereocenters. The van der Waals surface area contributed by atoms with Gasteiger partial charge in [-0.05, 0) is 12.5 Å². The van der Waals surface area contributed by atoms with Gasteiger partial charge in [0.1, 0.15) is 11.6 Å². The standard InChI is InChI=1S/C15H20O2/c1-4-15(17)12(3)14(10-11(2)16)13-8-6-5-7-9-13/h5-9,12,14H,4,10H2,1-3H3. The Morgan fingerprint density at radius 1 is 1.18 bits per heavy atom. The van der Waals surface area contributed by atoms with Gasteiger partial charge in [-0.1, -0.05) is 44.2 Å². The quantitative estimate of drug-likeness (QED) is 0.753. The third kappa shape index (κ3) is 3.81. The maximum atomic E-state index is 11.8. The first-order chi connectivity index (χ1) is 8.06. The van der Waals surface area contributed by atoms with Gasteiger partial charge in [0, 0.05) is 24.7 Å². The molecule has 0 aliphatic heterocycles. The van der Waals surface area contributed by atoms with E-state index >= 15 is 0 Å². The van der Waals surface area contributed by atoms with Crippen LogP contribution in [0.2, 0.25) is 0 Å². The van der Waals surface area contributed by atoms with Crippen LogP contribution in [0.1, 0.15) is 45.1 Å². The Morgan fingerprint density at radius 2 is 1.76 bits per heavy atom. The van der Waals surface area contributed by atoms with E-state index in [1.807, 2.05) is 44.2 Å². The van der Waals surface area contributed by atoms with Crippen molar-refractivity contribution in [2.45, 2.75) is 39.5 Å². The summed E-state index contributed by atoms with van der Waals surface area (Å²) >= 11 is 0. The maximum absolute atomic E-state index is 11.8. The van der Waals surface area contributed by atoms with Crippen molar-refractivity contribution in [1.29, 1.82) is 0 Å². The van der Waals surface area contributed by atoms with Crippen molar-refractivity contribution < 1.29 is 9.59 Å². The highest BCUT2D eigenvalue weighted by Crippen LogP contribution is 2.29. The van der Waals surface area contributed by atoms with Crippen molar-refractivity contribution in [3.63, 3.8) is 0 Å². The molecule has 0 saturated carbocycles. The van der Waals surface area contributed by atoms with E-state index in [9.17, 15) is 9.59 Å². The number of carbonyl (C=O) groups excluding carboxylic acids is 2. The smallest absolute Gasteiger partial charge is 0.136 e. The van der Waals surface area contributed by atoms with Gasteiger partial charge in [-0.25, -0.2) is 0 Å². The summed E-state index contributed by atoms with van der Waals surface area (Å²) in [5.74, 6) is 0.280. The Labute approximate surface area is 103 Å². The highest BCUT2D eigenvalue weighted by Gasteiger charge is 2.25. The fourth-order valence-electron chi connectivity index (χ4n) is 2.14. The maximum Gasteiger partial charge on any atom is 0.136 e. The molecule has 2 heteroatoms. The number of hydrogen-bond acceptors (Lipinski definition) is 2. The first-order valence-corrected chi connectivity index (χ1v) is 6.13. The molecule has 0 amide bonds. The number of ketones is 2. The Hall–Kier alpha value is -1.44. The minimum Gasteiger partial charge on any atom is -0.300 e. The van der Waals surface area contributed by atoms with E-state index in [4.69, 9.17) is 0 Å². The lowest BCUT2D eigenvalue weighted by Crippen LogP contribution is -2.20. The lowest BCUT2D eigenvalue weighted by Gasteiger charge is -2.22. The van der Waals surface area contributed by atoms with E-state index in [2.05, 4.69) is 0 Å². The molecule has 0 fully saturated rings. The largest absolute Gasteiger partial charge is 0.300 e. The van der Waals surface area contributed by atoms with E-state index in [0.717, 1.165) is 5.56 Å². The second-order valence-electron chi connectivity index (χ2n) is 4.53. The van der Waals surface area contributed by atoms with E-state index in [-0.39, 0.29) is 23.4 Å². The van der Waals surface area contributed by atoms with Gasteiger partial charge in [-0.2, -0.15) is 0 Å². The number of rotatable bonds is 6. The van der Waals surface area contributed by atoms with E-state index < -0.39 is 0 Å². The van der Waals surface area contributed by atoms with Crippen molar-refractivity contribution in [2.24, 2.45) is 5.92 Å². The number of carbonyl (C=O) groups is 2. The highest BCUT2D eigenvalue weighted by atomic mass is 16.1. The van der Waals surface area contributed by atoms with Crippen LogP contribution in [0.4, 0.5) is 0 Å². The molecular formula is C15H20O2. The van der Waals surface area contributed by atoms with Crippen LogP contribution in [0.15, 0.2) is 30.3 Å². The molecule has 0 aliphatic carbocycles. The summed E-state index contributed by atoms with van der Waals surface area (Å²) in [5.41, 5.74) is 1.08. The fourth-order valence-corrected chi connectivity index (χ4v) is 2.14. The molecule has 0 spiro atoms. The Kier molecular flexibility index (Phi) is 5.08. The third-order valence-corrected chi connectivity index (χ3v) is 3.19. The van der Waals surface area contributed by atoms with Crippen LogP contribution in [-0.4, -0.2) is 11.6 Å². The van der Waals surface area contributed by atoms with Crippen molar-refractivity contribution in [3.05, 3.63) is 35.9 Å². The molecule has 0 radical (unpaired) electrons. The van der Waals surface area contributed by atoms with Crippen molar-refractivity contribution in [2.75, 3.05) is 0 Å². The van der Waals surface area contributed by atoms with E-state index in [0.29, 0.717) is 12.8 Å². The van der Waals surface area contributed by atoms with Crippen LogP contribution >= 0.6 is 0 Å². The van der Waals surface area contributed by atoms with Crippen LogP contribution in [-0.2, 0) is 9.59 Å². The summed E-state index contributed by atoms with van der Waals surface area (Å²) in [5, 5.41) is 0. The molecule has 0 aromatic heterocycles. The molecule has 0 heterocycles. The molecule has 17 heavy (non-hydrogen) atoms. The lowest BCUT2D eigenvalue weighted by atomic mass is 9.81. The lowest BCUT2D eigenvalue weighted by molar-refractivity contribution is -0.123. The van der Waals surface area contributed by atoms with E-state index in [1.54, 1.807) is 6.92 Å². The van der Waals surface area contributed by atoms with Crippen LogP contribution in [0.25, 0.3) is 0 Å². The minimum atomic E-state index is -0.0914. The molecule has 0 saturated heterocycles. The number of hydrogen-bond donors (Lipinski definition) is 0. The zero-order valence-electron chi connectivity index (χ0n) is 10.8. The van der Waals surface area contributed by atoms with Crippen molar-refractivity contribution in [1.82, 2.24) is 0 Å². The Bertz CT molecular complexity index is 381. The monoisotopic (exact) mass is 232 g/mol. The summed E-state index contributed by atoms with van der Waals surface area (Å²) < 4.78 is 0. The topological polar surface area (TPSA) is 34.1 Å². The summed E-state index contributed by atoms with van der Waals surface area (Å²) in [6.45, 7) is 5.38. The average Bonchev–Trinajstić information content (AvgIpc) is 2.35. The number of benzene rings is 1. The SMILES string of the molecule is CCC(=O)C(C)C(CC(C)=O)c1ccccc1. The Morgan fingerprint density at radius 3 is 2.24 bits per heavy atom. The number of Topliss-reactive ketones (excluding diaryl/α,β-unsaturated/α-hetero) is 2. The van der Waals surface area contributed by atoms with Gasteiger partial charge in [0.15, 0.2) is 0 Å². The molecule has 1 aromatic carbocycles. The third-order valence-electron chi connectivity index (χ3n) is 3.19. The van der Waals surface area contributed by atoms with Crippen LogP contribution in [0.3, 0.4) is 0 Å². The van der Waals surface area contributed by atoms with Crippen molar-refractivity contribution >= 4 is 11.6 Å². The van der Waals surface area contributed by atoms with Gasteiger partial charge >= 0.3 is 0 Å². The first-order valence-electron chi connectivity index (χ1n) is 6.13. The second-order valence-corrected chi connectivity index (χ2v) is 4.53. The molecule has 0 N–H and O–H groups in total. The van der Waals surface area contributed by atoms with Crippen LogP contribution < -0.4 is 0 Å². The first kappa shape index (κ1) is 13.6. The predicted octanol–water partition coefficient (Wildman–Crippen LogP) is 3.36. The molecule has 92 valence electrons. The zero-order valence-corrected chi connectivity index (χ0v) is 10.8. The fraction of sp³-hybridized carbons (Fsp3) is 0.467. The summed E-state index contributed by atoms with van der Waals surface area (Å²) in [4.78, 5) is 23.1. The van der Waals surface area contributed by atoms with Gasteiger partial charge in [0.2, 0.25) is 0 Å². The molecule has 0 bridgehead atoms. The predicted molar refractivity (Wildman–Crippen MR) is 68.9 cm³/mol. The van der Waals surface area contributed by atoms with Gasteiger partial charge in [0.05, 0.1) is 0 Å². The Balaban J connectivity index is 2.95. The normalized spacial score (nSPS) is 14.1. The molecule has 2 nitrogen and oxygen atoms in total. The molecule has 0 aliphatic rings. The molecule has 1 rings (SSSR count). The van der Waals surface area contributed by atoms with Crippen molar-refractivity contribution in [3.8, 4) is 0 Å². The highest BCUT2D eigenvalue weighted by molar-refractivity contribution is 5.83. The second kappa shape index (κ2) is 6.33. The van der Waals surface area contributed by atoms with E-state index in [1.165, 1.54) is 0 Å². The summed E-state index contributed by atoms with van der Waals surface area (Å²) in [6, 6.07) is 9.83. The molecular weight excluding hydrogens is 212 g/mol. The summed E-state index contributed by atoms with van der Waals surface area (Å²) in [7, 11) is 0. The average molecular weight is 232 g/mol. The molecule has 2 atom stereocenters. The van der Waals surface area contributed by atoms with Gasteiger partial charge in [-0.15, -0.1) is 0 Å². The minimum absolute atomic E-state index is 0.0150. The molecule has 1 aromatic rings. The van der Waals surface area contributed by atoms with Gasteiger partial charge < -0.3 is 4.79 Å². The van der Waals surface area contributed by atoms with Gasteiger partial charge in [-0.3, -0.25) is 4.79 Å². The van der Waals surface area contributed by atoms with Crippen LogP contribution in [0, 0.1) is 5.92 Å². The van der Waals surface area contributed by atoms with Gasteiger partial charge in [0.25, 0.3) is 0 Å².